The molecule has 19 heteroatoms. The molecule has 0 aromatic heterocycles. The molecule has 0 rings (SSSR count). The predicted octanol–water partition coefficient (Wildman–Crippen LogP) is 17.0. The van der Waals surface area contributed by atoms with Crippen LogP contribution in [-0.2, 0) is 0 Å². The summed E-state index contributed by atoms with van der Waals surface area (Å²) in [5.41, 5.74) is 0. The van der Waals surface area contributed by atoms with E-state index < -0.39 is 51.3 Å². The average molecular weight is 2430 g/mol. The predicted molar refractivity (Wildman–Crippen MR) is 272 cm³/mol. The molecular weight excluding hydrogens is 2420 g/mol. The Bertz CT molecular complexity index is 232. The van der Waals surface area contributed by atoms with Crippen molar-refractivity contribution in [2.45, 2.75) is 0 Å². The van der Waals surface area contributed by atoms with Crippen molar-refractivity contribution in [2.24, 2.45) is 0 Å². The first-order valence-corrected chi connectivity index (χ1v) is 118. The van der Waals surface area contributed by atoms with Crippen molar-refractivity contribution in [1.29, 1.82) is 0 Å². The summed E-state index contributed by atoms with van der Waals surface area (Å²) in [5, 5.41) is 0. The molecule has 0 bridgehead atoms. The molecule has 0 nitrogen and oxygen atoms in total. The van der Waals surface area contributed by atoms with Crippen molar-refractivity contribution in [3.05, 3.63) is 0 Å². The zero-order valence-corrected chi connectivity index (χ0v) is 49.2. The van der Waals surface area contributed by atoms with E-state index in [2.05, 4.69) is 191 Å². The van der Waals surface area contributed by atoms with Gasteiger partial charge >= 0.3 is 266 Å². The molecule has 140 valence electrons. The van der Waals surface area contributed by atoms with Crippen molar-refractivity contribution < 1.29 is 0 Å². The van der Waals surface area contributed by atoms with Gasteiger partial charge in [0.05, 0.1) is 0 Å². The number of alkyl halides is 1. The number of rotatable bonds is 8. The normalized spacial score (nSPS) is 17.9. The minimum atomic E-state index is -0.437. The van der Waals surface area contributed by atoms with Gasteiger partial charge in [0.15, 0.2) is 0 Å². The Morgan fingerprint density at radius 1 is 0.400 bits per heavy atom. The van der Waals surface area contributed by atoms with Crippen molar-refractivity contribution in [3.63, 3.8) is 0 Å². The quantitative estimate of drug-likeness (QED) is 0.168. The molecular formula is CH3I19. The summed E-state index contributed by atoms with van der Waals surface area (Å²) in [4.78, 5) is 2.67. The zero-order chi connectivity index (χ0) is 16.2. The standard InChI is InChI=1S/CH3I19/c1-12(2)14(5)16(7)18(9)20(11)19(10)17(8)15(6)13(3)4/h1H3. The Morgan fingerprint density at radius 2 is 0.650 bits per heavy atom. The van der Waals surface area contributed by atoms with E-state index in [9.17, 15) is 0 Å². The van der Waals surface area contributed by atoms with Gasteiger partial charge in [0.25, 0.3) is 0 Å². The van der Waals surface area contributed by atoms with Crippen LogP contribution in [0.1, 0.15) is 0 Å². The molecule has 0 fully saturated rings. The molecule has 0 atom stereocenters. The van der Waals surface area contributed by atoms with E-state index >= 15 is 0 Å². The summed E-state index contributed by atoms with van der Waals surface area (Å²) in [5.74, 6) is 0. The van der Waals surface area contributed by atoms with Crippen LogP contribution in [0.2, 0.25) is 0 Å². The van der Waals surface area contributed by atoms with Gasteiger partial charge in [-0.25, -0.2) is 0 Å². The van der Waals surface area contributed by atoms with Crippen LogP contribution >= 0.6 is 261 Å². The maximum atomic E-state index is 3.16. The van der Waals surface area contributed by atoms with Gasteiger partial charge in [-0.3, -0.25) is 0 Å². The molecule has 0 N–H and O–H groups in total. The van der Waals surface area contributed by atoms with Crippen molar-refractivity contribution in [2.75, 3.05) is 4.93 Å². The molecule has 0 aromatic carbocycles. The monoisotopic (exact) mass is 2430 g/mol. The van der Waals surface area contributed by atoms with Crippen molar-refractivity contribution in [3.8, 4) is 0 Å². The third-order valence-electron chi connectivity index (χ3n) is 0.720. The van der Waals surface area contributed by atoms with Crippen molar-refractivity contribution in [1.82, 2.24) is 0 Å². The first kappa shape index (κ1) is 33.9. The molecule has 0 saturated carbocycles. The van der Waals surface area contributed by atoms with Crippen LogP contribution < -0.4 is 0 Å². The van der Waals surface area contributed by atoms with E-state index in [-0.39, 0.29) is 23.7 Å². The van der Waals surface area contributed by atoms with Crippen LogP contribution in [0.4, 0.5) is 0 Å². The van der Waals surface area contributed by atoms with Crippen LogP contribution in [-0.4, -0.2) is 4.93 Å². The summed E-state index contributed by atoms with van der Waals surface area (Å²) >= 11 is 30.1. The Morgan fingerprint density at radius 3 is 0.900 bits per heavy atom. The van der Waals surface area contributed by atoms with Gasteiger partial charge in [-0.2, -0.15) is 0 Å². The molecule has 0 saturated heterocycles. The fourth-order valence-corrected chi connectivity index (χ4v) is 2810. The Kier molecular flexibility index (Phi) is 33.8. The van der Waals surface area contributed by atoms with Crippen LogP contribution in [0.15, 0.2) is 0 Å². The van der Waals surface area contributed by atoms with Gasteiger partial charge in [0, 0.05) is 0 Å². The minimum absolute atomic E-state index is 0.374. The molecule has 0 aromatic rings. The molecule has 0 radical (unpaired) electrons. The molecule has 0 aliphatic heterocycles. The second-order valence-electron chi connectivity index (χ2n) is 1.64. The van der Waals surface area contributed by atoms with Crippen LogP contribution in [0, 0.1) is 0 Å². The first-order chi connectivity index (χ1) is 9.02. The molecule has 0 aliphatic carbocycles. The van der Waals surface area contributed by atoms with E-state index in [1.165, 1.54) is 0 Å². The topological polar surface area (TPSA) is 0 Å². The van der Waals surface area contributed by atoms with E-state index in [0.29, 0.717) is 0 Å². The van der Waals surface area contributed by atoms with E-state index in [0.717, 1.165) is 0 Å². The fraction of sp³-hybridized carbons (Fsp3) is 1.00. The second-order valence-corrected chi connectivity index (χ2v) is 420. The second kappa shape index (κ2) is 20.0. The third-order valence-corrected chi connectivity index (χ3v) is 1270. The summed E-state index contributed by atoms with van der Waals surface area (Å²) < 4.78 is 0. The zero-order valence-electron chi connectivity index (χ0n) is 8.18. The number of halogens is 19. The maximum absolute atomic E-state index is 3.16. The van der Waals surface area contributed by atoms with Crippen molar-refractivity contribution >= 4 is 261 Å². The number of hydrogen-bond donors (Lipinski definition) is 0. The Labute approximate surface area is 252 Å². The molecule has 0 aliphatic rings. The molecule has 0 amide bonds. The Hall–Kier alpha value is 13.9. The van der Waals surface area contributed by atoms with E-state index in [1.807, 2.05) is 0 Å². The third kappa shape index (κ3) is 14.4. The van der Waals surface area contributed by atoms with E-state index in [4.69, 9.17) is 0 Å². The van der Waals surface area contributed by atoms with Gasteiger partial charge in [-0.15, -0.1) is 0 Å². The first-order valence-electron chi connectivity index (χ1n) is 2.95. The summed E-state index contributed by atoms with van der Waals surface area (Å²) in [6.07, 6.45) is 0. The molecule has 0 heterocycles. The van der Waals surface area contributed by atoms with Crippen LogP contribution in [0.5, 0.6) is 0 Å². The summed E-state index contributed by atoms with van der Waals surface area (Å²) in [6, 6.07) is 0. The SMILES string of the molecule is CI(I)I(I)I(I)I(I)I(I)I(I)I(I)I(I)I(I)I. The average Bonchev–Trinajstić information content (AvgIpc) is 2.40. The van der Waals surface area contributed by atoms with E-state index in [1.54, 1.807) is 0 Å². The number of hydrogen-bond acceptors (Lipinski definition) is 0. The van der Waals surface area contributed by atoms with Crippen LogP contribution in [0.3, 0.4) is 0 Å². The summed E-state index contributed by atoms with van der Waals surface area (Å²) in [6.45, 7) is 0. The van der Waals surface area contributed by atoms with Crippen LogP contribution in [0.25, 0.3) is 0 Å². The Balaban J connectivity index is 4.75. The van der Waals surface area contributed by atoms with Gasteiger partial charge in [0.1, 0.15) is 0 Å². The van der Waals surface area contributed by atoms with Gasteiger partial charge < -0.3 is 0 Å². The molecule has 20 heavy (non-hydrogen) atoms. The van der Waals surface area contributed by atoms with Gasteiger partial charge in [0.2, 0.25) is 0 Å². The van der Waals surface area contributed by atoms with Gasteiger partial charge in [-0.1, -0.05) is 0 Å². The molecule has 0 spiro atoms. The molecule has 0 unspecified atom stereocenters. The fourth-order valence-electron chi connectivity index (χ4n) is 0.241. The van der Waals surface area contributed by atoms with Gasteiger partial charge in [-0.05, 0) is 0 Å². The summed E-state index contributed by atoms with van der Waals surface area (Å²) in [7, 11) is -3.18.